The summed E-state index contributed by atoms with van der Waals surface area (Å²) in [6, 6.07) is 30.6. The Morgan fingerprint density at radius 3 is 1.48 bits per heavy atom. The van der Waals surface area contributed by atoms with Crippen LogP contribution in [0.2, 0.25) is 19.6 Å². The average Bonchev–Trinajstić information content (AvgIpc) is 4.20. The molecule has 394 valence electrons. The number of esters is 2. The van der Waals surface area contributed by atoms with E-state index in [1.165, 1.54) is 14.2 Å². The first-order chi connectivity index (χ1) is 37.0. The number of pyridine rings is 2. The molecule has 4 aliphatic rings. The fourth-order valence-electron chi connectivity index (χ4n) is 10.5. The summed E-state index contributed by atoms with van der Waals surface area (Å²) in [5, 5.41) is 25.2. The molecule has 8 N–H and O–H groups in total. The van der Waals surface area contributed by atoms with E-state index in [9.17, 15) is 15.0 Å². The number of nitrogen functional groups attached to an aromatic ring is 2. The number of carbonyl (C=O) groups is 2. The number of para-hydroxylation sites is 2. The largest absolute Gasteiger partial charge is 0.469 e. The summed E-state index contributed by atoms with van der Waals surface area (Å²) in [6.45, 7) is 9.88. The van der Waals surface area contributed by atoms with E-state index in [2.05, 4.69) is 82.4 Å². The van der Waals surface area contributed by atoms with Gasteiger partial charge in [0.05, 0.1) is 72.6 Å². The second-order valence-electron chi connectivity index (χ2n) is 20.7. The second kappa shape index (κ2) is 22.6. The lowest BCUT2D eigenvalue weighted by Crippen LogP contribution is -2.27. The van der Waals surface area contributed by atoms with Crippen LogP contribution in [0.15, 0.2) is 124 Å². The number of aliphatic imine (C=N–C) groups is 2. The first kappa shape index (κ1) is 53.7. The summed E-state index contributed by atoms with van der Waals surface area (Å²) >= 11 is 3.64. The van der Waals surface area contributed by atoms with Crippen molar-refractivity contribution in [3.8, 4) is 11.5 Å². The molecule has 0 radical (unpaired) electrons. The molecule has 2 aromatic heterocycles. The third-order valence-electron chi connectivity index (χ3n) is 14.5. The molecule has 2 aliphatic heterocycles. The van der Waals surface area contributed by atoms with Crippen molar-refractivity contribution in [2.75, 3.05) is 86.4 Å². The normalized spacial score (nSPS) is 19.8. The Morgan fingerprint density at radius 1 is 0.649 bits per heavy atom. The van der Waals surface area contributed by atoms with Crippen molar-refractivity contribution in [1.29, 1.82) is 10.8 Å². The number of ether oxygens (including phenoxy) is 2. The summed E-state index contributed by atoms with van der Waals surface area (Å²) in [6.07, 6.45) is 6.98. The summed E-state index contributed by atoms with van der Waals surface area (Å²) in [5.74, 6) is 6.46. The number of nitrogens with two attached hydrogens (primary N) is 2. The molecule has 6 aromatic rings. The highest BCUT2D eigenvalue weighted by Gasteiger charge is 2.61. The first-order valence-corrected chi connectivity index (χ1v) is 29.7. The van der Waals surface area contributed by atoms with E-state index < -0.39 is 8.07 Å². The number of rotatable bonds is 14. The number of methoxy groups -OCH3 is 2. The number of aromatic nitrogens is 2. The Balaban J connectivity index is 0.000000189. The fraction of sp³-hybridized carbons (Fsp3) is 0.288. The number of nitrogens with zero attached hydrogens (tertiary/aromatic N) is 6. The third kappa shape index (κ3) is 11.5. The van der Waals surface area contributed by atoms with E-state index in [1.807, 2.05) is 97.2 Å². The maximum Gasteiger partial charge on any atom is 0.309 e. The Kier molecular flexibility index (Phi) is 15.8. The Morgan fingerprint density at radius 2 is 1.06 bits per heavy atom. The van der Waals surface area contributed by atoms with Gasteiger partial charge < -0.3 is 41.4 Å². The predicted octanol–water partition coefficient (Wildman–Crippen LogP) is 9.45. The van der Waals surface area contributed by atoms with Gasteiger partial charge in [0.15, 0.2) is 0 Å². The molecule has 18 heteroatoms. The van der Waals surface area contributed by atoms with Crippen LogP contribution in [0.1, 0.15) is 38.9 Å². The van der Waals surface area contributed by atoms with E-state index >= 15 is 0 Å². The molecule has 16 nitrogen and oxygen atoms in total. The maximum absolute atomic E-state index is 11.9. The molecule has 4 atom stereocenters. The summed E-state index contributed by atoms with van der Waals surface area (Å²) in [5.41, 5.74) is 25.9. The monoisotopic (exact) mass is 1110 g/mol. The number of hydrogen-bond acceptors (Lipinski definition) is 16. The van der Waals surface area contributed by atoms with Crippen molar-refractivity contribution in [1.82, 2.24) is 9.97 Å². The van der Waals surface area contributed by atoms with Gasteiger partial charge in [0.2, 0.25) is 0 Å². The minimum absolute atomic E-state index is 0.0313. The van der Waals surface area contributed by atoms with Crippen LogP contribution in [-0.4, -0.2) is 108 Å². The van der Waals surface area contributed by atoms with E-state index in [-0.39, 0.29) is 23.8 Å². The molecule has 0 amide bonds. The van der Waals surface area contributed by atoms with Crippen LogP contribution in [0.3, 0.4) is 0 Å². The van der Waals surface area contributed by atoms with Crippen LogP contribution in [0, 0.1) is 57.8 Å². The van der Waals surface area contributed by atoms with Crippen molar-refractivity contribution >= 4 is 106 Å². The van der Waals surface area contributed by atoms with Crippen LogP contribution >= 0.6 is 15.9 Å². The molecule has 0 bridgehead atoms. The number of hydrogen-bond donors (Lipinski definition) is 6. The first-order valence-electron chi connectivity index (χ1n) is 25.4. The zero-order chi connectivity index (χ0) is 54.7. The predicted molar refractivity (Wildman–Crippen MR) is 316 cm³/mol. The highest BCUT2D eigenvalue weighted by atomic mass is 79.9. The highest BCUT2D eigenvalue weighted by molar-refractivity contribution is 9.10. The standard InChI is InChI=1S/C32H36N6O2Si.C27H27BrN6O2/c1-35-17-24-22(9-7-11-27(24)33)30(34)23-10-6-8-20(14-15-41(3,4)5)31(23)37-21-12-13-28(36-16-21)38-18-25-26(19-38)29(25)32(39)40-2;1-31-12-18-16(5-4-8-22(18)29)25(30)17-6-3-7-21(28)26(17)33-15-9-10-23(32-11-15)34-13-19-20(14-34)24(19)27(35)36-2/h6-13,16-17,25-26,29,34,37H,18-19,33H2,1-5H3;3-12,19-20,24,30,33H,13-14,29H2,1-2H3. The van der Waals surface area contributed by atoms with Crippen molar-refractivity contribution in [2.45, 2.75) is 19.6 Å². The summed E-state index contributed by atoms with van der Waals surface area (Å²) < 4.78 is 10.7. The van der Waals surface area contributed by atoms with Gasteiger partial charge in [0, 0.05) is 107 Å². The number of halogens is 1. The number of nitrogens with one attached hydrogen (secondary N) is 4. The zero-order valence-electron chi connectivity index (χ0n) is 44.2. The SMILES string of the molecule is CN=Cc1c(N)cccc1C(=N)c1cccc(Br)c1Nc1ccc(N2CC3C(C2)C3C(=O)OC)nc1.CN=Cc1c(N)cccc1C(=N)c1cccc(C#C[Si](C)(C)C)c1Nc1ccc(N2CC3C(C2)C3C(=O)OC)nc1. The topological polar surface area (TPSA) is 233 Å². The number of fused-ring (bicyclic) bond motifs is 2. The lowest BCUT2D eigenvalue weighted by atomic mass is 9.94. The van der Waals surface area contributed by atoms with Gasteiger partial charge in [0.25, 0.3) is 0 Å². The highest BCUT2D eigenvalue weighted by Crippen LogP contribution is 2.54. The smallest absolute Gasteiger partial charge is 0.309 e. The van der Waals surface area contributed by atoms with Crippen molar-refractivity contribution in [2.24, 2.45) is 45.5 Å². The van der Waals surface area contributed by atoms with E-state index in [4.69, 9.17) is 31.3 Å². The van der Waals surface area contributed by atoms with Crippen LogP contribution in [-0.2, 0) is 19.1 Å². The number of anilines is 8. The Hall–Kier alpha value is -8.14. The average molecular weight is 1110 g/mol. The van der Waals surface area contributed by atoms with Gasteiger partial charge in [-0.2, -0.15) is 0 Å². The molecule has 77 heavy (non-hydrogen) atoms. The summed E-state index contributed by atoms with van der Waals surface area (Å²) in [4.78, 5) is 45.8. The second-order valence-corrected chi connectivity index (χ2v) is 26.3. The summed E-state index contributed by atoms with van der Waals surface area (Å²) in [7, 11) is 4.63. The molecule has 2 saturated heterocycles. The molecule has 10 rings (SSSR count). The van der Waals surface area contributed by atoms with Crippen molar-refractivity contribution in [3.05, 3.63) is 153 Å². The minimum Gasteiger partial charge on any atom is -0.469 e. The van der Waals surface area contributed by atoms with Crippen LogP contribution < -0.4 is 31.9 Å². The lowest BCUT2D eigenvalue weighted by Gasteiger charge is -2.21. The van der Waals surface area contributed by atoms with Gasteiger partial charge >= 0.3 is 11.9 Å². The Labute approximate surface area is 459 Å². The molecule has 4 unspecified atom stereocenters. The third-order valence-corrected chi connectivity index (χ3v) is 16.1. The zero-order valence-corrected chi connectivity index (χ0v) is 46.8. The van der Waals surface area contributed by atoms with Gasteiger partial charge in [-0.3, -0.25) is 30.4 Å². The van der Waals surface area contributed by atoms with Gasteiger partial charge in [-0.1, -0.05) is 74.1 Å². The number of piperidine rings is 2. The Bertz CT molecular complexity index is 3360. The molecular weight excluding hydrogens is 1050 g/mol. The molecule has 4 heterocycles. The number of benzene rings is 4. The number of carbonyl (C=O) groups excluding carboxylic acids is 2. The van der Waals surface area contributed by atoms with Crippen LogP contribution in [0.25, 0.3) is 0 Å². The molecular formula is C59H63BrN12O4Si. The van der Waals surface area contributed by atoms with Crippen LogP contribution in [0.4, 0.5) is 45.8 Å². The molecule has 2 saturated carbocycles. The molecule has 4 aromatic carbocycles. The maximum atomic E-state index is 11.9. The molecule has 0 spiro atoms. The van der Waals surface area contributed by atoms with Gasteiger partial charge in [-0.25, -0.2) is 9.97 Å². The molecule has 2 aliphatic carbocycles. The fourth-order valence-corrected chi connectivity index (χ4v) is 11.5. The molecule has 4 fully saturated rings. The van der Waals surface area contributed by atoms with E-state index in [0.717, 1.165) is 81.7 Å². The van der Waals surface area contributed by atoms with Gasteiger partial charge in [-0.15, -0.1) is 5.54 Å². The minimum atomic E-state index is -1.65. The van der Waals surface area contributed by atoms with Crippen LogP contribution in [0.5, 0.6) is 0 Å². The van der Waals surface area contributed by atoms with Crippen molar-refractivity contribution < 1.29 is 19.1 Å². The van der Waals surface area contributed by atoms with Gasteiger partial charge in [0.1, 0.15) is 19.7 Å². The van der Waals surface area contributed by atoms with Crippen molar-refractivity contribution in [3.63, 3.8) is 0 Å². The lowest BCUT2D eigenvalue weighted by molar-refractivity contribution is -0.143. The van der Waals surface area contributed by atoms with Gasteiger partial charge in [-0.05, 0) is 88.1 Å². The quantitative estimate of drug-likeness (QED) is 0.0197. The van der Waals surface area contributed by atoms with E-state index in [1.54, 1.807) is 38.8 Å². The van der Waals surface area contributed by atoms with E-state index in [0.29, 0.717) is 68.7 Å².